The molecule has 0 atom stereocenters. The standard InChI is InChI=1S/C26H27N3O5/c1-17-7-6-10-29-15-20(28-25(17)29)16-34-21-9-5-8-19(13-21)26(30)27-14-18-11-22(31-2)24(33-4)23(12-18)32-3/h5-13,15H,14,16H2,1-4H3,(H,27,30). The van der Waals surface area contributed by atoms with E-state index in [-0.39, 0.29) is 5.91 Å². The summed E-state index contributed by atoms with van der Waals surface area (Å²) in [5.41, 5.74) is 4.13. The van der Waals surface area contributed by atoms with Crippen LogP contribution in [0.5, 0.6) is 23.0 Å². The SMILES string of the molecule is COc1cc(CNC(=O)c2cccc(OCc3cn4cccc(C)c4n3)c2)cc(OC)c1OC. The van der Waals surface area contributed by atoms with E-state index in [4.69, 9.17) is 18.9 Å². The van der Waals surface area contributed by atoms with Crippen LogP contribution in [0.3, 0.4) is 0 Å². The highest BCUT2D eigenvalue weighted by Crippen LogP contribution is 2.38. The van der Waals surface area contributed by atoms with Crippen LogP contribution < -0.4 is 24.3 Å². The number of aryl methyl sites for hydroxylation is 1. The molecule has 2 aromatic heterocycles. The summed E-state index contributed by atoms with van der Waals surface area (Å²) in [7, 11) is 4.66. The van der Waals surface area contributed by atoms with Gasteiger partial charge in [0.2, 0.25) is 5.75 Å². The quantitative estimate of drug-likeness (QED) is 0.403. The van der Waals surface area contributed by atoms with Crippen molar-refractivity contribution in [2.75, 3.05) is 21.3 Å². The lowest BCUT2D eigenvalue weighted by atomic mass is 10.1. The Morgan fingerprint density at radius 3 is 2.44 bits per heavy atom. The first kappa shape index (κ1) is 23.0. The molecule has 0 aliphatic carbocycles. The number of benzene rings is 2. The van der Waals surface area contributed by atoms with Crippen molar-refractivity contribution in [2.45, 2.75) is 20.1 Å². The Kier molecular flexibility index (Phi) is 6.87. The van der Waals surface area contributed by atoms with Gasteiger partial charge in [0, 0.05) is 24.5 Å². The van der Waals surface area contributed by atoms with Crippen molar-refractivity contribution in [2.24, 2.45) is 0 Å². The molecule has 0 spiro atoms. The van der Waals surface area contributed by atoms with Crippen molar-refractivity contribution in [3.8, 4) is 23.0 Å². The van der Waals surface area contributed by atoms with Crippen LogP contribution in [-0.4, -0.2) is 36.6 Å². The number of rotatable bonds is 9. The first-order chi connectivity index (χ1) is 16.5. The van der Waals surface area contributed by atoms with Gasteiger partial charge in [0.25, 0.3) is 5.91 Å². The summed E-state index contributed by atoms with van der Waals surface area (Å²) in [5, 5.41) is 2.92. The van der Waals surface area contributed by atoms with E-state index in [0.29, 0.717) is 41.7 Å². The lowest BCUT2D eigenvalue weighted by molar-refractivity contribution is 0.0950. The highest BCUT2D eigenvalue weighted by Gasteiger charge is 2.14. The summed E-state index contributed by atoms with van der Waals surface area (Å²) in [6, 6.07) is 14.7. The second-order valence-electron chi connectivity index (χ2n) is 7.69. The number of pyridine rings is 1. The molecule has 0 bridgehead atoms. The zero-order chi connectivity index (χ0) is 24.1. The Morgan fingerprint density at radius 2 is 1.76 bits per heavy atom. The number of nitrogens with one attached hydrogen (secondary N) is 1. The van der Waals surface area contributed by atoms with Crippen LogP contribution >= 0.6 is 0 Å². The van der Waals surface area contributed by atoms with E-state index < -0.39 is 0 Å². The Bertz CT molecular complexity index is 1290. The van der Waals surface area contributed by atoms with E-state index in [0.717, 1.165) is 22.5 Å². The third-order valence-electron chi connectivity index (χ3n) is 5.39. The maximum atomic E-state index is 12.8. The van der Waals surface area contributed by atoms with Gasteiger partial charge >= 0.3 is 0 Å². The fourth-order valence-corrected chi connectivity index (χ4v) is 3.68. The lowest BCUT2D eigenvalue weighted by Crippen LogP contribution is -2.22. The fourth-order valence-electron chi connectivity index (χ4n) is 3.68. The molecule has 0 fully saturated rings. The summed E-state index contributed by atoms with van der Waals surface area (Å²) in [5.74, 6) is 1.94. The fraction of sp³-hybridized carbons (Fsp3) is 0.231. The Labute approximate surface area is 198 Å². The number of nitrogens with zero attached hydrogens (tertiary/aromatic N) is 2. The molecule has 4 rings (SSSR count). The van der Waals surface area contributed by atoms with Crippen molar-refractivity contribution < 1.29 is 23.7 Å². The third-order valence-corrected chi connectivity index (χ3v) is 5.39. The summed E-state index contributed by atoms with van der Waals surface area (Å²) < 4.78 is 24.0. The summed E-state index contributed by atoms with van der Waals surface area (Å²) in [4.78, 5) is 17.4. The van der Waals surface area contributed by atoms with E-state index in [2.05, 4.69) is 10.3 Å². The smallest absolute Gasteiger partial charge is 0.251 e. The largest absolute Gasteiger partial charge is 0.493 e. The minimum absolute atomic E-state index is 0.220. The molecular formula is C26H27N3O5. The van der Waals surface area contributed by atoms with Crippen molar-refractivity contribution in [3.05, 3.63) is 83.3 Å². The molecule has 0 aliphatic rings. The number of carbonyl (C=O) groups excluding carboxylic acids is 1. The zero-order valence-corrected chi connectivity index (χ0v) is 19.6. The van der Waals surface area contributed by atoms with E-state index in [1.807, 2.05) is 41.9 Å². The summed E-state index contributed by atoms with van der Waals surface area (Å²) in [6.45, 7) is 2.62. The van der Waals surface area contributed by atoms with Crippen LogP contribution in [0, 0.1) is 6.92 Å². The van der Waals surface area contributed by atoms with Crippen molar-refractivity contribution >= 4 is 11.6 Å². The molecule has 0 aliphatic heterocycles. The van der Waals surface area contributed by atoms with Crippen LogP contribution in [0.2, 0.25) is 0 Å². The van der Waals surface area contributed by atoms with Gasteiger partial charge in [-0.1, -0.05) is 12.1 Å². The number of hydrogen-bond acceptors (Lipinski definition) is 6. The molecule has 2 aromatic carbocycles. The maximum Gasteiger partial charge on any atom is 0.251 e. The molecule has 0 saturated carbocycles. The monoisotopic (exact) mass is 461 g/mol. The third kappa shape index (κ3) is 4.91. The van der Waals surface area contributed by atoms with Gasteiger partial charge in [0.15, 0.2) is 11.5 Å². The van der Waals surface area contributed by atoms with Crippen LogP contribution in [-0.2, 0) is 13.2 Å². The van der Waals surface area contributed by atoms with Crippen molar-refractivity contribution in [1.29, 1.82) is 0 Å². The van der Waals surface area contributed by atoms with E-state index in [1.54, 1.807) is 51.7 Å². The first-order valence-corrected chi connectivity index (χ1v) is 10.8. The van der Waals surface area contributed by atoms with E-state index in [9.17, 15) is 4.79 Å². The van der Waals surface area contributed by atoms with Crippen molar-refractivity contribution in [1.82, 2.24) is 14.7 Å². The molecule has 8 nitrogen and oxygen atoms in total. The molecule has 0 radical (unpaired) electrons. The molecule has 0 saturated heterocycles. The number of amides is 1. The lowest BCUT2D eigenvalue weighted by Gasteiger charge is -2.14. The van der Waals surface area contributed by atoms with Gasteiger partial charge in [0.1, 0.15) is 18.0 Å². The molecular weight excluding hydrogens is 434 g/mol. The van der Waals surface area contributed by atoms with Crippen LogP contribution in [0.1, 0.15) is 27.2 Å². The topological polar surface area (TPSA) is 83.3 Å². The van der Waals surface area contributed by atoms with Gasteiger partial charge in [-0.05, 0) is 54.4 Å². The van der Waals surface area contributed by atoms with Crippen LogP contribution in [0.4, 0.5) is 0 Å². The van der Waals surface area contributed by atoms with Gasteiger partial charge in [-0.15, -0.1) is 0 Å². The van der Waals surface area contributed by atoms with E-state index >= 15 is 0 Å². The molecule has 2 heterocycles. The zero-order valence-electron chi connectivity index (χ0n) is 19.6. The van der Waals surface area contributed by atoms with Gasteiger partial charge in [0.05, 0.1) is 27.0 Å². The number of hydrogen-bond donors (Lipinski definition) is 1. The minimum atomic E-state index is -0.220. The second-order valence-corrected chi connectivity index (χ2v) is 7.69. The molecule has 4 aromatic rings. The molecule has 0 unspecified atom stereocenters. The van der Waals surface area contributed by atoms with Gasteiger partial charge in [-0.25, -0.2) is 4.98 Å². The number of fused-ring (bicyclic) bond motifs is 1. The number of aromatic nitrogens is 2. The summed E-state index contributed by atoms with van der Waals surface area (Å²) >= 11 is 0. The minimum Gasteiger partial charge on any atom is -0.493 e. The molecule has 176 valence electrons. The Morgan fingerprint density at radius 1 is 1.00 bits per heavy atom. The molecule has 1 amide bonds. The number of carbonyl (C=O) groups is 1. The highest BCUT2D eigenvalue weighted by molar-refractivity contribution is 5.94. The normalized spacial score (nSPS) is 10.7. The van der Waals surface area contributed by atoms with Crippen LogP contribution in [0.25, 0.3) is 5.65 Å². The molecule has 1 N–H and O–H groups in total. The highest BCUT2D eigenvalue weighted by atomic mass is 16.5. The van der Waals surface area contributed by atoms with E-state index in [1.165, 1.54) is 0 Å². The average Bonchev–Trinajstić information content (AvgIpc) is 3.30. The molecule has 8 heteroatoms. The summed E-state index contributed by atoms with van der Waals surface area (Å²) in [6.07, 6.45) is 3.90. The second kappa shape index (κ2) is 10.2. The maximum absolute atomic E-state index is 12.8. The first-order valence-electron chi connectivity index (χ1n) is 10.8. The number of methoxy groups -OCH3 is 3. The predicted octanol–water partition coefficient (Wildman–Crippen LogP) is 4.18. The Balaban J connectivity index is 1.41. The number of imidazole rings is 1. The van der Waals surface area contributed by atoms with Gasteiger partial charge in [-0.2, -0.15) is 0 Å². The number of ether oxygens (including phenoxy) is 4. The predicted molar refractivity (Wildman–Crippen MR) is 128 cm³/mol. The van der Waals surface area contributed by atoms with Gasteiger partial charge in [-0.3, -0.25) is 4.79 Å². The molecule has 34 heavy (non-hydrogen) atoms. The average molecular weight is 462 g/mol. The van der Waals surface area contributed by atoms with Crippen molar-refractivity contribution in [3.63, 3.8) is 0 Å². The van der Waals surface area contributed by atoms with Gasteiger partial charge < -0.3 is 28.7 Å². The Hall–Kier alpha value is -4.20. The van der Waals surface area contributed by atoms with Crippen LogP contribution in [0.15, 0.2) is 60.9 Å².